The molecule has 4 N–H and O–H groups in total. The maximum atomic E-state index is 14.0. The van der Waals surface area contributed by atoms with Crippen molar-refractivity contribution in [3.8, 4) is 0 Å². The molecule has 2 atom stereocenters. The van der Waals surface area contributed by atoms with Gasteiger partial charge >= 0.3 is 0 Å². The average molecular weight is 295 g/mol. The highest BCUT2D eigenvalue weighted by Gasteiger charge is 2.29. The summed E-state index contributed by atoms with van der Waals surface area (Å²) in [5, 5.41) is 0. The van der Waals surface area contributed by atoms with Crippen molar-refractivity contribution in [2.75, 3.05) is 11.4 Å². The van der Waals surface area contributed by atoms with Gasteiger partial charge in [0.15, 0.2) is 0 Å². The Bertz CT molecular complexity index is 549. The van der Waals surface area contributed by atoms with Crippen LogP contribution in [0.1, 0.15) is 25.3 Å². The van der Waals surface area contributed by atoms with Crippen LogP contribution < -0.4 is 16.4 Å². The molecule has 108 valence electrons. The summed E-state index contributed by atoms with van der Waals surface area (Å²) in [7, 11) is 0. The van der Waals surface area contributed by atoms with Crippen molar-refractivity contribution in [2.24, 2.45) is 17.4 Å². The number of primary amides is 1. The zero-order chi connectivity index (χ0) is 14.9. The Hall–Kier alpha value is -1.69. The van der Waals surface area contributed by atoms with Crippen LogP contribution in [0.2, 0.25) is 0 Å². The molecule has 1 aromatic carbocycles. The molecule has 0 radical (unpaired) electrons. The van der Waals surface area contributed by atoms with Gasteiger partial charge < -0.3 is 16.4 Å². The molecule has 0 aliphatic carbocycles. The molecule has 1 aliphatic rings. The molecule has 4 nitrogen and oxygen atoms in total. The number of hydrogen-bond donors (Lipinski definition) is 2. The maximum absolute atomic E-state index is 14.0. The van der Waals surface area contributed by atoms with Crippen LogP contribution in [0.4, 0.5) is 10.1 Å². The Morgan fingerprint density at radius 1 is 1.40 bits per heavy atom. The topological polar surface area (TPSA) is 72.4 Å². The number of carbonyl (C=O) groups is 1. The van der Waals surface area contributed by atoms with Gasteiger partial charge in [0.05, 0.1) is 5.92 Å². The van der Waals surface area contributed by atoms with Crippen LogP contribution in [0, 0.1) is 11.7 Å². The van der Waals surface area contributed by atoms with E-state index in [1.54, 1.807) is 12.1 Å². The second-order valence-electron chi connectivity index (χ2n) is 5.21. The first kappa shape index (κ1) is 14.7. The van der Waals surface area contributed by atoms with Crippen LogP contribution in [0.3, 0.4) is 0 Å². The van der Waals surface area contributed by atoms with Crippen LogP contribution in [-0.4, -0.2) is 23.5 Å². The first-order chi connectivity index (χ1) is 9.40. The van der Waals surface area contributed by atoms with Crippen molar-refractivity contribution >= 4 is 28.8 Å². The number of anilines is 1. The van der Waals surface area contributed by atoms with Crippen LogP contribution in [0.25, 0.3) is 0 Å². The van der Waals surface area contributed by atoms with Gasteiger partial charge in [-0.05, 0) is 38.0 Å². The Balaban J connectivity index is 2.27. The number of carbonyl (C=O) groups excluding carboxylic acids is 1. The summed E-state index contributed by atoms with van der Waals surface area (Å²) >= 11 is 4.79. The first-order valence-electron chi connectivity index (χ1n) is 6.55. The molecule has 2 rings (SSSR count). The molecule has 1 fully saturated rings. The summed E-state index contributed by atoms with van der Waals surface area (Å²) in [5.41, 5.74) is 11.8. The van der Waals surface area contributed by atoms with Gasteiger partial charge in [-0.3, -0.25) is 4.79 Å². The number of piperidine rings is 1. The number of nitrogens with two attached hydrogens (primary N) is 2. The minimum absolute atomic E-state index is 0.0377. The van der Waals surface area contributed by atoms with E-state index in [1.165, 1.54) is 6.07 Å². The predicted octanol–water partition coefficient (Wildman–Crippen LogP) is 1.55. The molecule has 0 aromatic heterocycles. The largest absolute Gasteiger partial charge is 0.389 e. The first-order valence-corrected chi connectivity index (χ1v) is 6.96. The fourth-order valence-electron chi connectivity index (χ4n) is 2.58. The molecule has 0 spiro atoms. The van der Waals surface area contributed by atoms with E-state index in [4.69, 9.17) is 23.7 Å². The molecule has 1 saturated heterocycles. The van der Waals surface area contributed by atoms with Crippen LogP contribution in [0.15, 0.2) is 18.2 Å². The monoisotopic (exact) mass is 295 g/mol. The summed E-state index contributed by atoms with van der Waals surface area (Å²) in [6, 6.07) is 5.00. The summed E-state index contributed by atoms with van der Waals surface area (Å²) in [6.45, 7) is 2.57. The summed E-state index contributed by atoms with van der Waals surface area (Å²) < 4.78 is 14.0. The van der Waals surface area contributed by atoms with E-state index >= 15 is 0 Å². The van der Waals surface area contributed by atoms with E-state index in [1.807, 2.05) is 4.90 Å². The molecule has 20 heavy (non-hydrogen) atoms. The van der Waals surface area contributed by atoms with Crippen molar-refractivity contribution in [2.45, 2.75) is 25.8 Å². The SMILES string of the molecule is CC1CCC(C(N)=O)CN1c1ccc(C(N)=S)c(F)c1. The zero-order valence-electron chi connectivity index (χ0n) is 11.3. The van der Waals surface area contributed by atoms with Gasteiger partial charge in [0, 0.05) is 23.8 Å². The molecule has 1 heterocycles. The van der Waals surface area contributed by atoms with Crippen LogP contribution in [0.5, 0.6) is 0 Å². The molecule has 6 heteroatoms. The zero-order valence-corrected chi connectivity index (χ0v) is 12.1. The second-order valence-corrected chi connectivity index (χ2v) is 5.65. The van der Waals surface area contributed by atoms with Gasteiger partial charge in [-0.1, -0.05) is 12.2 Å². The quantitative estimate of drug-likeness (QED) is 0.830. The Labute approximate surface area is 122 Å². The third kappa shape index (κ3) is 2.90. The molecular formula is C14H18FN3OS. The number of nitrogens with zero attached hydrogens (tertiary/aromatic N) is 1. The molecule has 1 aliphatic heterocycles. The van der Waals surface area contributed by atoms with Crippen molar-refractivity contribution in [3.05, 3.63) is 29.6 Å². The number of rotatable bonds is 3. The van der Waals surface area contributed by atoms with Gasteiger partial charge in [-0.2, -0.15) is 0 Å². The highest BCUT2D eigenvalue weighted by atomic mass is 32.1. The molecule has 1 aromatic rings. The smallest absolute Gasteiger partial charge is 0.222 e. The van der Waals surface area contributed by atoms with Crippen molar-refractivity contribution in [1.82, 2.24) is 0 Å². The Morgan fingerprint density at radius 3 is 2.65 bits per heavy atom. The van der Waals surface area contributed by atoms with Crippen LogP contribution >= 0.6 is 12.2 Å². The lowest BCUT2D eigenvalue weighted by Gasteiger charge is -2.38. The minimum Gasteiger partial charge on any atom is -0.389 e. The lowest BCUT2D eigenvalue weighted by Crippen LogP contribution is -2.46. The molecule has 1 amide bonds. The van der Waals surface area contributed by atoms with E-state index in [-0.39, 0.29) is 28.4 Å². The van der Waals surface area contributed by atoms with E-state index < -0.39 is 5.82 Å². The fourth-order valence-corrected chi connectivity index (χ4v) is 2.75. The van der Waals surface area contributed by atoms with E-state index in [0.717, 1.165) is 18.5 Å². The summed E-state index contributed by atoms with van der Waals surface area (Å²) in [5.74, 6) is -0.935. The maximum Gasteiger partial charge on any atom is 0.222 e. The fraction of sp³-hybridized carbons (Fsp3) is 0.429. The van der Waals surface area contributed by atoms with Gasteiger partial charge in [0.2, 0.25) is 5.91 Å². The normalized spacial score (nSPS) is 22.6. The van der Waals surface area contributed by atoms with Crippen LogP contribution in [-0.2, 0) is 4.79 Å². The minimum atomic E-state index is -0.441. The highest BCUT2D eigenvalue weighted by Crippen LogP contribution is 2.28. The predicted molar refractivity (Wildman–Crippen MR) is 81.0 cm³/mol. The number of amides is 1. The lowest BCUT2D eigenvalue weighted by atomic mass is 9.92. The Morgan fingerprint density at radius 2 is 2.10 bits per heavy atom. The summed E-state index contributed by atoms with van der Waals surface area (Å²) in [6.07, 6.45) is 1.63. The van der Waals surface area contributed by atoms with E-state index in [0.29, 0.717) is 6.54 Å². The molecular weight excluding hydrogens is 277 g/mol. The third-order valence-electron chi connectivity index (χ3n) is 3.83. The third-order valence-corrected chi connectivity index (χ3v) is 4.05. The van der Waals surface area contributed by atoms with Gasteiger partial charge in [-0.25, -0.2) is 4.39 Å². The number of thiocarbonyl (C=S) groups is 1. The number of benzene rings is 1. The van der Waals surface area contributed by atoms with Crippen molar-refractivity contribution in [3.63, 3.8) is 0 Å². The standard InChI is InChI=1S/C14H18FN3OS/c1-8-2-3-9(13(16)19)7-18(8)10-4-5-11(14(17)20)12(15)6-10/h4-6,8-9H,2-3,7H2,1H3,(H2,16,19)(H2,17,20). The number of halogens is 1. The van der Waals surface area contributed by atoms with Crippen molar-refractivity contribution < 1.29 is 9.18 Å². The van der Waals surface area contributed by atoms with Gasteiger partial charge in [0.1, 0.15) is 10.8 Å². The van der Waals surface area contributed by atoms with Gasteiger partial charge in [0.25, 0.3) is 0 Å². The van der Waals surface area contributed by atoms with E-state index in [2.05, 4.69) is 6.92 Å². The summed E-state index contributed by atoms with van der Waals surface area (Å²) in [4.78, 5) is 13.4. The van der Waals surface area contributed by atoms with E-state index in [9.17, 15) is 9.18 Å². The Kier molecular flexibility index (Phi) is 4.23. The lowest BCUT2D eigenvalue weighted by molar-refractivity contribution is -0.122. The number of hydrogen-bond acceptors (Lipinski definition) is 3. The second kappa shape index (κ2) is 5.75. The van der Waals surface area contributed by atoms with Crippen molar-refractivity contribution in [1.29, 1.82) is 0 Å². The average Bonchev–Trinajstić information content (AvgIpc) is 2.38. The van der Waals surface area contributed by atoms with Gasteiger partial charge in [-0.15, -0.1) is 0 Å². The molecule has 0 bridgehead atoms. The molecule has 2 unspecified atom stereocenters. The molecule has 0 saturated carbocycles. The highest BCUT2D eigenvalue weighted by molar-refractivity contribution is 7.80.